The van der Waals surface area contributed by atoms with E-state index in [0.717, 1.165) is 27.2 Å². The lowest BCUT2D eigenvalue weighted by molar-refractivity contribution is -0.148. The van der Waals surface area contributed by atoms with Crippen LogP contribution < -0.4 is 5.32 Å². The first-order valence-electron chi connectivity index (χ1n) is 10.9. The fourth-order valence-corrected chi connectivity index (χ4v) is 4.20. The van der Waals surface area contributed by atoms with Crippen molar-refractivity contribution in [1.29, 1.82) is 0 Å². The minimum absolute atomic E-state index is 0.103. The van der Waals surface area contributed by atoms with Gasteiger partial charge >= 0.3 is 12.1 Å². The van der Waals surface area contributed by atoms with E-state index in [2.05, 4.69) is 15.3 Å². The molecule has 176 valence electrons. The second-order valence-electron chi connectivity index (χ2n) is 8.27. The summed E-state index contributed by atoms with van der Waals surface area (Å²) >= 11 is 0. The summed E-state index contributed by atoms with van der Waals surface area (Å²) in [5, 5.41) is 11.9. The highest BCUT2D eigenvalue weighted by atomic mass is 16.5. The lowest BCUT2D eigenvalue weighted by Gasteiger charge is -2.27. The van der Waals surface area contributed by atoms with Gasteiger partial charge in [0.2, 0.25) is 5.91 Å². The molecule has 0 aliphatic heterocycles. The first-order valence-corrected chi connectivity index (χ1v) is 10.9. The summed E-state index contributed by atoms with van der Waals surface area (Å²) < 4.78 is 5.56. The summed E-state index contributed by atoms with van der Waals surface area (Å²) in [6.07, 6.45) is 2.37. The van der Waals surface area contributed by atoms with Crippen LogP contribution in [0.2, 0.25) is 0 Å². The molecule has 0 saturated carbocycles. The maximum Gasteiger partial charge on any atom is 0.407 e. The van der Waals surface area contributed by atoms with Gasteiger partial charge in [0.1, 0.15) is 18.7 Å². The zero-order valence-electron chi connectivity index (χ0n) is 18.9. The highest BCUT2D eigenvalue weighted by Crippen LogP contribution is 2.44. The number of hydrogen-bond acceptors (Lipinski definition) is 5. The van der Waals surface area contributed by atoms with E-state index in [1.807, 2.05) is 48.5 Å². The first kappa shape index (κ1) is 23.0. The van der Waals surface area contributed by atoms with Crippen LogP contribution in [0.4, 0.5) is 4.79 Å². The molecule has 1 aliphatic carbocycles. The number of hydrogen-bond donors (Lipinski definition) is 3. The number of ether oxygens (including phenoxy) is 1. The van der Waals surface area contributed by atoms with Gasteiger partial charge in [-0.15, -0.1) is 0 Å². The van der Waals surface area contributed by atoms with Crippen LogP contribution in [-0.4, -0.2) is 63.7 Å². The van der Waals surface area contributed by atoms with Crippen LogP contribution in [-0.2, 0) is 20.7 Å². The van der Waals surface area contributed by atoms with Crippen molar-refractivity contribution in [1.82, 2.24) is 20.2 Å². The zero-order valence-corrected chi connectivity index (χ0v) is 18.9. The zero-order chi connectivity index (χ0) is 24.2. The molecule has 0 bridgehead atoms. The Labute approximate surface area is 196 Å². The number of rotatable bonds is 8. The van der Waals surface area contributed by atoms with E-state index in [0.29, 0.717) is 5.69 Å². The van der Waals surface area contributed by atoms with Gasteiger partial charge in [-0.1, -0.05) is 48.5 Å². The molecule has 1 unspecified atom stereocenters. The van der Waals surface area contributed by atoms with E-state index >= 15 is 0 Å². The van der Waals surface area contributed by atoms with Crippen LogP contribution in [0.25, 0.3) is 11.1 Å². The standard InChI is InChI=1S/C25H26N4O5/c1-15(24(31)32)29(2)23(30)22(11-16-12-26-14-27-16)28-25(33)34-13-21-19-9-5-3-7-17(19)18-8-4-6-10-20(18)21/h3-10,12,14-15,21-22H,11,13H2,1-2H3,(H,26,27)(H,28,33)(H,31,32)/t15-,22?/m0/s1. The first-order chi connectivity index (χ1) is 16.4. The van der Waals surface area contributed by atoms with Crippen molar-refractivity contribution in [2.45, 2.75) is 31.3 Å². The van der Waals surface area contributed by atoms with Crippen LogP contribution in [0.3, 0.4) is 0 Å². The van der Waals surface area contributed by atoms with E-state index in [-0.39, 0.29) is 18.9 Å². The molecule has 9 heteroatoms. The molecule has 1 aliphatic rings. The van der Waals surface area contributed by atoms with Crippen LogP contribution in [0.5, 0.6) is 0 Å². The molecule has 0 spiro atoms. The molecule has 34 heavy (non-hydrogen) atoms. The summed E-state index contributed by atoms with van der Waals surface area (Å²) in [4.78, 5) is 45.0. The van der Waals surface area contributed by atoms with Crippen LogP contribution >= 0.6 is 0 Å². The molecule has 2 amide bonds. The molecule has 2 aromatic carbocycles. The third kappa shape index (κ3) is 4.63. The van der Waals surface area contributed by atoms with Crippen molar-refractivity contribution in [2.75, 3.05) is 13.7 Å². The van der Waals surface area contributed by atoms with Crippen molar-refractivity contribution in [3.05, 3.63) is 77.9 Å². The van der Waals surface area contributed by atoms with Crippen molar-refractivity contribution >= 4 is 18.0 Å². The number of nitrogens with zero attached hydrogens (tertiary/aromatic N) is 2. The number of alkyl carbamates (subject to hydrolysis) is 1. The number of aliphatic carboxylic acids is 1. The average molecular weight is 463 g/mol. The topological polar surface area (TPSA) is 125 Å². The largest absolute Gasteiger partial charge is 0.480 e. The number of carboxylic acids is 1. The van der Waals surface area contributed by atoms with Gasteiger partial charge in [-0.2, -0.15) is 0 Å². The number of nitrogens with one attached hydrogen (secondary N) is 2. The molecule has 0 radical (unpaired) electrons. The van der Waals surface area contributed by atoms with Crippen LogP contribution in [0, 0.1) is 0 Å². The Hall–Kier alpha value is -4.14. The fraction of sp³-hybridized carbons (Fsp3) is 0.280. The molecule has 1 heterocycles. The lowest BCUT2D eigenvalue weighted by atomic mass is 9.98. The number of H-pyrrole nitrogens is 1. The van der Waals surface area contributed by atoms with Crippen LogP contribution in [0.15, 0.2) is 61.1 Å². The smallest absolute Gasteiger partial charge is 0.407 e. The fourth-order valence-electron chi connectivity index (χ4n) is 4.20. The van der Waals surface area contributed by atoms with Crippen molar-refractivity contribution < 1.29 is 24.2 Å². The summed E-state index contributed by atoms with van der Waals surface area (Å²) in [5.41, 5.74) is 5.01. The van der Waals surface area contributed by atoms with Gasteiger partial charge in [-0.25, -0.2) is 14.6 Å². The Morgan fingerprint density at radius 3 is 2.29 bits per heavy atom. The predicted molar refractivity (Wildman–Crippen MR) is 124 cm³/mol. The minimum atomic E-state index is -1.14. The van der Waals surface area contributed by atoms with Crippen molar-refractivity contribution in [3.8, 4) is 11.1 Å². The van der Waals surface area contributed by atoms with E-state index in [4.69, 9.17) is 4.74 Å². The molecular formula is C25H26N4O5. The Morgan fingerprint density at radius 1 is 1.12 bits per heavy atom. The Kier molecular flexibility index (Phi) is 6.62. The maximum atomic E-state index is 13.0. The summed E-state index contributed by atoms with van der Waals surface area (Å²) in [7, 11) is 1.39. The molecule has 2 atom stereocenters. The average Bonchev–Trinajstić information content (AvgIpc) is 3.47. The highest BCUT2D eigenvalue weighted by molar-refractivity contribution is 5.89. The Bertz CT molecular complexity index is 1150. The Morgan fingerprint density at radius 2 is 1.74 bits per heavy atom. The molecule has 0 fully saturated rings. The summed E-state index contributed by atoms with van der Waals surface area (Å²) in [6, 6.07) is 13.9. The molecule has 0 saturated heterocycles. The molecule has 1 aromatic heterocycles. The van der Waals surface area contributed by atoms with Crippen molar-refractivity contribution in [3.63, 3.8) is 0 Å². The quantitative estimate of drug-likeness (QED) is 0.473. The van der Waals surface area contributed by atoms with Gasteiger partial charge in [0.05, 0.1) is 6.33 Å². The maximum absolute atomic E-state index is 13.0. The second kappa shape index (κ2) is 9.78. The van der Waals surface area contributed by atoms with E-state index in [9.17, 15) is 19.5 Å². The number of carbonyl (C=O) groups is 3. The van der Waals surface area contributed by atoms with Gasteiger partial charge < -0.3 is 25.0 Å². The van der Waals surface area contributed by atoms with Gasteiger partial charge in [-0.05, 0) is 29.2 Å². The van der Waals surface area contributed by atoms with Crippen LogP contribution in [0.1, 0.15) is 29.7 Å². The van der Waals surface area contributed by atoms with Gasteiger partial charge in [0.25, 0.3) is 0 Å². The predicted octanol–water partition coefficient (Wildman–Crippen LogP) is 2.79. The molecule has 3 aromatic rings. The number of aromatic amines is 1. The number of likely N-dealkylation sites (N-methyl/N-ethyl adjacent to an activating group) is 1. The number of amides is 2. The normalized spacial score (nSPS) is 13.9. The third-order valence-electron chi connectivity index (χ3n) is 6.20. The molecule has 3 N–H and O–H groups in total. The number of fused-ring (bicyclic) bond motifs is 3. The van der Waals surface area contributed by atoms with E-state index in [1.165, 1.54) is 20.3 Å². The lowest BCUT2D eigenvalue weighted by Crippen LogP contribution is -2.52. The number of aromatic nitrogens is 2. The number of imidazole rings is 1. The van der Waals surface area contributed by atoms with Gasteiger partial charge in [0.15, 0.2) is 0 Å². The number of carbonyl (C=O) groups excluding carboxylic acids is 2. The Balaban J connectivity index is 1.47. The third-order valence-corrected chi connectivity index (χ3v) is 6.20. The second-order valence-corrected chi connectivity index (χ2v) is 8.27. The molecule has 9 nitrogen and oxygen atoms in total. The SMILES string of the molecule is C[C@@H](C(=O)O)N(C)C(=O)C(Cc1cnc[nH]1)NC(=O)OCC1c2ccccc2-c2ccccc21. The summed E-state index contributed by atoms with van der Waals surface area (Å²) in [5.74, 6) is -1.80. The van der Waals surface area contributed by atoms with E-state index < -0.39 is 30.1 Å². The van der Waals surface area contributed by atoms with Gasteiger partial charge in [-0.3, -0.25) is 4.79 Å². The monoisotopic (exact) mass is 462 g/mol. The van der Waals surface area contributed by atoms with E-state index in [1.54, 1.807) is 6.20 Å². The van der Waals surface area contributed by atoms with Crippen molar-refractivity contribution in [2.24, 2.45) is 0 Å². The molecule has 4 rings (SSSR count). The minimum Gasteiger partial charge on any atom is -0.480 e. The number of benzene rings is 2. The van der Waals surface area contributed by atoms with Gasteiger partial charge in [0, 0.05) is 31.3 Å². The summed E-state index contributed by atoms with van der Waals surface area (Å²) in [6.45, 7) is 1.51. The molecular weight excluding hydrogens is 436 g/mol. The highest BCUT2D eigenvalue weighted by Gasteiger charge is 2.32. The number of carboxylic acid groups (broad SMARTS) is 1.